The number of hydrogen-bond donors (Lipinski definition) is 1. The fraction of sp³-hybridized carbons (Fsp3) is 0.333. The summed E-state index contributed by atoms with van der Waals surface area (Å²) in [6.45, 7) is 0.325. The van der Waals surface area contributed by atoms with Crippen LogP contribution in [0.3, 0.4) is 0 Å². The number of benzene rings is 1. The lowest BCUT2D eigenvalue weighted by Crippen LogP contribution is -2.26. The Morgan fingerprint density at radius 1 is 1.56 bits per heavy atom. The van der Waals surface area contributed by atoms with Crippen molar-refractivity contribution in [3.63, 3.8) is 0 Å². The van der Waals surface area contributed by atoms with Gasteiger partial charge >= 0.3 is 5.97 Å². The zero-order valence-electron chi connectivity index (χ0n) is 9.40. The number of carbonyl (C=O) groups excluding carboxylic acids is 1. The molecular weight excluding hydrogens is 261 g/mol. The van der Waals surface area contributed by atoms with E-state index in [1.165, 1.54) is 4.90 Å². The first-order chi connectivity index (χ1) is 8.52. The van der Waals surface area contributed by atoms with Crippen molar-refractivity contribution in [1.82, 2.24) is 0 Å². The Kier molecular flexibility index (Phi) is 3.52. The lowest BCUT2D eigenvalue weighted by atomic mass is 10.1. The number of aromatic carboxylic acids is 1. The van der Waals surface area contributed by atoms with Gasteiger partial charge in [0, 0.05) is 18.8 Å². The molecule has 1 fully saturated rings. The van der Waals surface area contributed by atoms with Crippen molar-refractivity contribution in [2.75, 3.05) is 17.3 Å². The molecular formula is C12H11ClFNO3. The summed E-state index contributed by atoms with van der Waals surface area (Å²) in [5.41, 5.74) is 0.0140. The summed E-state index contributed by atoms with van der Waals surface area (Å²) in [7, 11) is 0. The number of alkyl halides is 1. The van der Waals surface area contributed by atoms with E-state index in [2.05, 4.69) is 0 Å². The topological polar surface area (TPSA) is 57.6 Å². The molecule has 0 saturated carbocycles. The van der Waals surface area contributed by atoms with Gasteiger partial charge in [-0.15, -0.1) is 11.6 Å². The normalized spacial score (nSPS) is 19.3. The molecule has 1 N–H and O–H groups in total. The first-order valence-corrected chi connectivity index (χ1v) is 5.95. The first-order valence-electron chi connectivity index (χ1n) is 5.42. The van der Waals surface area contributed by atoms with Crippen molar-refractivity contribution < 1.29 is 19.1 Å². The summed E-state index contributed by atoms with van der Waals surface area (Å²) in [6.07, 6.45) is 0.263. The van der Waals surface area contributed by atoms with E-state index >= 15 is 0 Å². The molecule has 0 aromatic heterocycles. The zero-order valence-corrected chi connectivity index (χ0v) is 10.2. The number of amides is 1. The van der Waals surface area contributed by atoms with E-state index in [1.807, 2.05) is 0 Å². The van der Waals surface area contributed by atoms with Crippen LogP contribution in [0.15, 0.2) is 18.2 Å². The Morgan fingerprint density at radius 2 is 2.28 bits per heavy atom. The molecule has 4 nitrogen and oxygen atoms in total. The van der Waals surface area contributed by atoms with E-state index in [0.717, 1.165) is 18.2 Å². The molecule has 0 aliphatic carbocycles. The second-order valence-corrected chi connectivity index (χ2v) is 4.50. The van der Waals surface area contributed by atoms with E-state index in [-0.39, 0.29) is 29.5 Å². The van der Waals surface area contributed by atoms with Gasteiger partial charge in [-0.2, -0.15) is 0 Å². The van der Waals surface area contributed by atoms with Crippen LogP contribution in [0, 0.1) is 11.7 Å². The molecule has 1 heterocycles. The third-order valence-corrected chi connectivity index (χ3v) is 3.34. The zero-order chi connectivity index (χ0) is 13.3. The van der Waals surface area contributed by atoms with Crippen LogP contribution in [0.25, 0.3) is 0 Å². The van der Waals surface area contributed by atoms with E-state index in [0.29, 0.717) is 12.4 Å². The number of rotatable bonds is 3. The molecule has 96 valence electrons. The fourth-order valence-electron chi connectivity index (χ4n) is 2.03. The van der Waals surface area contributed by atoms with E-state index < -0.39 is 11.8 Å². The summed E-state index contributed by atoms with van der Waals surface area (Å²) in [5.74, 6) is -1.69. The first kappa shape index (κ1) is 12.8. The van der Waals surface area contributed by atoms with Crippen molar-refractivity contribution >= 4 is 29.2 Å². The van der Waals surface area contributed by atoms with Gasteiger partial charge in [-0.25, -0.2) is 9.18 Å². The summed E-state index contributed by atoms with van der Waals surface area (Å²) in [6, 6.07) is 3.29. The Bertz CT molecular complexity index is 506. The van der Waals surface area contributed by atoms with Crippen LogP contribution in [-0.4, -0.2) is 29.4 Å². The monoisotopic (exact) mass is 271 g/mol. The van der Waals surface area contributed by atoms with Gasteiger partial charge < -0.3 is 10.0 Å². The number of hydrogen-bond acceptors (Lipinski definition) is 2. The maximum Gasteiger partial charge on any atom is 0.337 e. The van der Waals surface area contributed by atoms with Gasteiger partial charge in [-0.3, -0.25) is 4.79 Å². The van der Waals surface area contributed by atoms with Gasteiger partial charge in [0.05, 0.1) is 11.3 Å². The standard InChI is InChI=1S/C12H11ClFNO3/c13-5-7-3-11(16)15(6-7)10-4-8(14)1-2-9(10)12(17)18/h1-2,4,7H,3,5-6H2,(H,17,18). The lowest BCUT2D eigenvalue weighted by Gasteiger charge is -2.18. The second-order valence-electron chi connectivity index (χ2n) is 4.20. The SMILES string of the molecule is O=C(O)c1ccc(F)cc1N1CC(CCl)CC1=O. The molecule has 1 amide bonds. The third-order valence-electron chi connectivity index (χ3n) is 2.90. The highest BCUT2D eigenvalue weighted by Crippen LogP contribution is 2.29. The van der Waals surface area contributed by atoms with Gasteiger partial charge in [0.25, 0.3) is 0 Å². The Balaban J connectivity index is 2.41. The van der Waals surface area contributed by atoms with Crippen molar-refractivity contribution in [3.05, 3.63) is 29.6 Å². The molecule has 1 aliphatic rings. The highest BCUT2D eigenvalue weighted by atomic mass is 35.5. The molecule has 18 heavy (non-hydrogen) atoms. The number of anilines is 1. The Morgan fingerprint density at radius 3 is 2.83 bits per heavy atom. The highest BCUT2D eigenvalue weighted by Gasteiger charge is 2.32. The minimum atomic E-state index is -1.19. The molecule has 1 atom stereocenters. The van der Waals surface area contributed by atoms with Crippen LogP contribution in [0.2, 0.25) is 0 Å². The summed E-state index contributed by atoms with van der Waals surface area (Å²) >= 11 is 5.69. The highest BCUT2D eigenvalue weighted by molar-refractivity contribution is 6.18. The van der Waals surface area contributed by atoms with E-state index in [1.54, 1.807) is 0 Å². The predicted octanol–water partition coefficient (Wildman–Crippen LogP) is 2.12. The molecule has 1 saturated heterocycles. The Hall–Kier alpha value is -1.62. The minimum absolute atomic E-state index is 0.0240. The molecule has 2 rings (SSSR count). The summed E-state index contributed by atoms with van der Waals surface area (Å²) < 4.78 is 13.2. The lowest BCUT2D eigenvalue weighted by molar-refractivity contribution is -0.117. The molecule has 0 radical (unpaired) electrons. The van der Waals surface area contributed by atoms with E-state index in [9.17, 15) is 14.0 Å². The number of carbonyl (C=O) groups is 2. The third kappa shape index (κ3) is 2.31. The maximum atomic E-state index is 13.2. The van der Waals surface area contributed by atoms with Gasteiger partial charge in [-0.05, 0) is 24.1 Å². The molecule has 6 heteroatoms. The van der Waals surface area contributed by atoms with Crippen LogP contribution in [0.4, 0.5) is 10.1 Å². The average Bonchev–Trinajstić information content (AvgIpc) is 2.70. The molecule has 1 aromatic rings. The predicted molar refractivity (Wildman–Crippen MR) is 64.5 cm³/mol. The fourth-order valence-corrected chi connectivity index (χ4v) is 2.23. The molecule has 0 bridgehead atoms. The molecule has 1 unspecified atom stereocenters. The van der Waals surface area contributed by atoms with Crippen LogP contribution >= 0.6 is 11.6 Å². The van der Waals surface area contributed by atoms with Crippen LogP contribution in [0.1, 0.15) is 16.8 Å². The van der Waals surface area contributed by atoms with Crippen LogP contribution in [-0.2, 0) is 4.79 Å². The number of carboxylic acids is 1. The van der Waals surface area contributed by atoms with Crippen molar-refractivity contribution in [1.29, 1.82) is 0 Å². The van der Waals surface area contributed by atoms with Crippen LogP contribution in [0.5, 0.6) is 0 Å². The summed E-state index contributed by atoms with van der Waals surface area (Å²) in [5, 5.41) is 9.04. The van der Waals surface area contributed by atoms with Gasteiger partial charge in [-0.1, -0.05) is 0 Å². The molecule has 0 spiro atoms. The molecule has 1 aromatic carbocycles. The second kappa shape index (κ2) is 4.94. The quantitative estimate of drug-likeness (QED) is 0.857. The number of nitrogens with zero attached hydrogens (tertiary/aromatic N) is 1. The van der Waals surface area contributed by atoms with Crippen molar-refractivity contribution in [3.8, 4) is 0 Å². The van der Waals surface area contributed by atoms with Gasteiger partial charge in [0.2, 0.25) is 5.91 Å². The number of carboxylic acid groups (broad SMARTS) is 1. The molecule has 1 aliphatic heterocycles. The van der Waals surface area contributed by atoms with Gasteiger partial charge in [0.1, 0.15) is 5.82 Å². The average molecular weight is 272 g/mol. The Labute approximate surface area is 108 Å². The van der Waals surface area contributed by atoms with Crippen molar-refractivity contribution in [2.45, 2.75) is 6.42 Å². The van der Waals surface area contributed by atoms with E-state index in [4.69, 9.17) is 16.7 Å². The minimum Gasteiger partial charge on any atom is -0.478 e. The largest absolute Gasteiger partial charge is 0.478 e. The number of halogens is 2. The maximum absolute atomic E-state index is 13.2. The smallest absolute Gasteiger partial charge is 0.337 e. The van der Waals surface area contributed by atoms with Gasteiger partial charge in [0.15, 0.2) is 0 Å². The van der Waals surface area contributed by atoms with Crippen LogP contribution < -0.4 is 4.90 Å². The summed E-state index contributed by atoms with van der Waals surface area (Å²) in [4.78, 5) is 24.1. The van der Waals surface area contributed by atoms with Crippen molar-refractivity contribution in [2.24, 2.45) is 5.92 Å².